The van der Waals surface area contributed by atoms with E-state index >= 15 is 0 Å². The average Bonchev–Trinajstić information content (AvgIpc) is 4.19. The van der Waals surface area contributed by atoms with Gasteiger partial charge in [0, 0.05) is 139 Å². The number of H-pyrrole nitrogens is 2. The molecule has 62 heavy (non-hydrogen) atoms. The highest BCUT2D eigenvalue weighted by Crippen LogP contribution is 2.35. The van der Waals surface area contributed by atoms with Crippen LogP contribution in [0.15, 0.2) is 81.6 Å². The summed E-state index contributed by atoms with van der Waals surface area (Å²) in [6, 6.07) is 23.6. The second-order valence-electron chi connectivity index (χ2n) is 15.4. The Hall–Kier alpha value is -6.12. The van der Waals surface area contributed by atoms with Crippen LogP contribution in [0.4, 0.5) is 32.2 Å². The molecule has 12 nitrogen and oxygen atoms in total. The van der Waals surface area contributed by atoms with E-state index < -0.39 is 0 Å². The lowest BCUT2D eigenvalue weighted by atomic mass is 10.0. The van der Waals surface area contributed by atoms with Gasteiger partial charge in [-0.15, -0.1) is 0 Å². The van der Waals surface area contributed by atoms with E-state index in [4.69, 9.17) is 23.8 Å². The van der Waals surface area contributed by atoms with E-state index in [0.717, 1.165) is 121 Å². The molecular formula is C48H58F2N8O4. The molecule has 8 heterocycles. The first-order valence-electron chi connectivity index (χ1n) is 24.0. The van der Waals surface area contributed by atoms with Gasteiger partial charge in [-0.05, 0) is 60.7 Å². The Morgan fingerprint density at radius 2 is 0.935 bits per heavy atom. The highest BCUT2D eigenvalue weighted by Gasteiger charge is 2.25. The summed E-state index contributed by atoms with van der Waals surface area (Å²) in [4.78, 5) is 25.0. The van der Waals surface area contributed by atoms with Crippen molar-refractivity contribution in [2.75, 3.05) is 85.3 Å². The van der Waals surface area contributed by atoms with Crippen LogP contribution in [-0.4, -0.2) is 85.6 Å². The molecule has 2 fully saturated rings. The smallest absolute Gasteiger partial charge is 0.298 e. The zero-order valence-electron chi connectivity index (χ0n) is 39.9. The minimum atomic E-state index is -0.199. The van der Waals surface area contributed by atoms with Gasteiger partial charge in [-0.2, -0.15) is 9.97 Å². The minimum Gasteiger partial charge on any atom is -0.423 e. The topological polar surface area (TPSA) is 115 Å². The molecular weight excluding hydrogens is 791 g/mol. The highest BCUT2D eigenvalue weighted by molar-refractivity contribution is 5.87. The second kappa shape index (κ2) is 18.1. The van der Waals surface area contributed by atoms with Crippen LogP contribution in [0.1, 0.15) is 57.6 Å². The van der Waals surface area contributed by atoms with Crippen LogP contribution < -0.4 is 19.6 Å². The van der Waals surface area contributed by atoms with Gasteiger partial charge in [0.2, 0.25) is 0 Å². The van der Waals surface area contributed by atoms with Gasteiger partial charge < -0.3 is 47.9 Å². The van der Waals surface area contributed by atoms with Crippen LogP contribution in [0.3, 0.4) is 0 Å². The van der Waals surface area contributed by atoms with Crippen molar-refractivity contribution in [3.05, 3.63) is 107 Å². The number of hydrogen-bond acceptors (Lipinski definition) is 10. The summed E-state index contributed by atoms with van der Waals surface area (Å²) >= 11 is 0. The molecule has 4 aliphatic heterocycles. The molecule has 0 atom stereocenters. The molecule has 12 rings (SSSR count). The molecule has 0 radical (unpaired) electrons. The second-order valence-corrected chi connectivity index (χ2v) is 15.4. The molecule has 0 saturated carbocycles. The predicted octanol–water partition coefficient (Wildman–Crippen LogP) is 10.2. The summed E-state index contributed by atoms with van der Waals surface area (Å²) in [5.41, 5.74) is 12.3. The Morgan fingerprint density at radius 1 is 0.516 bits per heavy atom. The third kappa shape index (κ3) is 8.16. The number of halogens is 2. The van der Waals surface area contributed by atoms with E-state index in [1.165, 1.54) is 64.3 Å². The number of ether oxygens (including phenoxy) is 2. The third-order valence-electron chi connectivity index (χ3n) is 11.9. The van der Waals surface area contributed by atoms with Crippen molar-refractivity contribution in [1.29, 1.82) is 0 Å². The van der Waals surface area contributed by atoms with Crippen molar-refractivity contribution in [3.63, 3.8) is 0 Å². The quantitative estimate of drug-likeness (QED) is 0.177. The maximum atomic E-state index is 13.8. The van der Waals surface area contributed by atoms with Crippen LogP contribution in [0.5, 0.6) is 0 Å². The van der Waals surface area contributed by atoms with Gasteiger partial charge in [-0.1, -0.05) is 29.6 Å². The maximum absolute atomic E-state index is 13.8. The van der Waals surface area contributed by atoms with Gasteiger partial charge in [0.1, 0.15) is 22.7 Å². The van der Waals surface area contributed by atoms with Crippen molar-refractivity contribution in [2.24, 2.45) is 0 Å². The summed E-state index contributed by atoms with van der Waals surface area (Å²) in [5, 5.41) is 1.94. The van der Waals surface area contributed by atoms with Gasteiger partial charge >= 0.3 is 0 Å². The first-order chi connectivity index (χ1) is 32.5. The first-order valence-corrected chi connectivity index (χ1v) is 20.0. The lowest BCUT2D eigenvalue weighted by molar-refractivity contribution is 0.120. The third-order valence-corrected chi connectivity index (χ3v) is 11.9. The molecule has 0 amide bonds. The fraction of sp³-hybridized carbons (Fsp3) is 0.375. The van der Waals surface area contributed by atoms with E-state index in [0.29, 0.717) is 38.5 Å². The van der Waals surface area contributed by atoms with Gasteiger partial charge in [0.05, 0.1) is 26.4 Å². The Morgan fingerprint density at radius 3 is 1.35 bits per heavy atom. The zero-order valence-corrected chi connectivity index (χ0v) is 35.9. The largest absolute Gasteiger partial charge is 0.423 e. The molecule has 0 unspecified atom stereocenters. The lowest BCUT2D eigenvalue weighted by Gasteiger charge is -2.29. The normalized spacial score (nSPS) is 16.6. The summed E-state index contributed by atoms with van der Waals surface area (Å²) in [5.74, 6) is -0.398. The summed E-state index contributed by atoms with van der Waals surface area (Å²) in [6.07, 6.45) is 1.80. The van der Waals surface area contributed by atoms with Crippen LogP contribution in [-0.2, 0) is 35.4 Å². The molecule has 2 N–H and O–H groups in total. The maximum Gasteiger partial charge on any atom is 0.298 e. The average molecular weight is 857 g/mol. The number of fused-ring (bicyclic) bond motifs is 8. The fourth-order valence-corrected chi connectivity index (χ4v) is 8.79. The van der Waals surface area contributed by atoms with Crippen molar-refractivity contribution < 1.29 is 32.6 Å². The Kier molecular flexibility index (Phi) is 11.3. The highest BCUT2D eigenvalue weighted by atomic mass is 19.1. The molecule has 0 spiro atoms. The molecule has 328 valence electrons. The Balaban J connectivity index is 0.000000171. The van der Waals surface area contributed by atoms with Gasteiger partial charge in [-0.3, -0.25) is 0 Å². The van der Waals surface area contributed by atoms with Crippen LogP contribution >= 0.6 is 0 Å². The minimum absolute atomic E-state index is 0.199. The van der Waals surface area contributed by atoms with E-state index in [1.807, 2.05) is 24.3 Å². The molecule has 4 aromatic carbocycles. The molecule has 2 saturated heterocycles. The summed E-state index contributed by atoms with van der Waals surface area (Å²) < 4.78 is 73.5. The van der Waals surface area contributed by atoms with Crippen molar-refractivity contribution in [2.45, 2.75) is 55.5 Å². The number of aromatic amines is 2. The number of nitrogens with zero attached hydrogens (tertiary/aromatic N) is 6. The predicted molar refractivity (Wildman–Crippen MR) is 247 cm³/mol. The number of nitrogens with one attached hydrogen (secondary N) is 2. The number of anilines is 4. The van der Waals surface area contributed by atoms with Crippen LogP contribution in [0.25, 0.3) is 44.0 Å². The van der Waals surface area contributed by atoms with E-state index in [2.05, 4.69) is 63.8 Å². The lowest BCUT2D eigenvalue weighted by Crippen LogP contribution is -2.36. The van der Waals surface area contributed by atoms with Crippen LogP contribution in [0, 0.1) is 11.6 Å². The molecule has 0 bridgehead atoms. The number of aromatic nitrogens is 4. The Labute approximate surface area is 367 Å². The standard InChI is InChI=1S/2C22H21FN4O2.4CH4/c2*23-14-1-3-18-16(11-14)17-13-27(6-5-19(17)24-18)15-2-4-20-21(12-15)29-22(25-20)26-7-9-28-10-8-26;;;;/h2*1-4,11-12,24H,5-10,13H2;4*1H4/i;;4*1T. The zero-order chi connectivity index (χ0) is 46.7. The number of morpholine rings is 2. The van der Waals surface area contributed by atoms with Crippen molar-refractivity contribution in [1.82, 2.24) is 19.9 Å². The van der Waals surface area contributed by atoms with E-state index in [1.54, 1.807) is 12.1 Å². The van der Waals surface area contributed by atoms with Crippen molar-refractivity contribution >= 4 is 67.4 Å². The van der Waals surface area contributed by atoms with E-state index in [9.17, 15) is 8.78 Å². The first kappa shape index (κ1) is 38.8. The summed E-state index contributed by atoms with van der Waals surface area (Å²) in [7, 11) is 5.00. The van der Waals surface area contributed by atoms with Crippen molar-refractivity contribution in [3.8, 4) is 0 Å². The fourth-order valence-electron chi connectivity index (χ4n) is 8.79. The molecule has 8 aromatic rings. The number of benzene rings is 4. The molecule has 14 heteroatoms. The van der Waals surface area contributed by atoms with Gasteiger partial charge in [0.25, 0.3) is 12.0 Å². The van der Waals surface area contributed by atoms with Gasteiger partial charge in [-0.25, -0.2) is 8.78 Å². The monoisotopic (exact) mass is 856 g/mol. The summed E-state index contributed by atoms with van der Waals surface area (Å²) in [6.45, 7) is 9.28. The number of rotatable bonds is 4. The molecule has 4 aromatic heterocycles. The Bertz CT molecular complexity index is 2630. The molecule has 0 aliphatic carbocycles. The van der Waals surface area contributed by atoms with Crippen LogP contribution in [0.2, 0.25) is 0 Å². The molecule has 4 aliphatic rings. The van der Waals surface area contributed by atoms with E-state index in [-0.39, 0.29) is 11.6 Å². The number of oxazole rings is 2. The number of hydrogen-bond donors (Lipinski definition) is 2. The SMILES string of the molecule is Fc1ccc2[nH]c3c(c2c1)CN(c1ccc2nc(N4CCOCC4)oc2c1)CC3.Fc1ccc2[nH]c3c(c2c1)CN(c1ccc2nc(N4CCOCC4)oc2c1)CC3.[3H]C.[3H]C.[3H]C.[3H]C. The van der Waals surface area contributed by atoms with Gasteiger partial charge in [0.15, 0.2) is 11.2 Å².